The molecule has 0 aromatic heterocycles. The summed E-state index contributed by atoms with van der Waals surface area (Å²) in [5, 5.41) is 0. The van der Waals surface area contributed by atoms with E-state index in [0.717, 1.165) is 36.8 Å². The maximum atomic E-state index is 10.6. The Morgan fingerprint density at radius 3 is 1.32 bits per heavy atom. The van der Waals surface area contributed by atoms with Crippen LogP contribution in [0.1, 0.15) is 173 Å². The van der Waals surface area contributed by atoms with Gasteiger partial charge in [0, 0.05) is 0 Å². The van der Waals surface area contributed by atoms with Crippen LogP contribution in [0.5, 0.6) is 0 Å². The zero-order valence-corrected chi connectivity index (χ0v) is 29.4. The molecule has 230 valence electrons. The fourth-order valence-corrected chi connectivity index (χ4v) is 7.26. The highest BCUT2D eigenvalue weighted by molar-refractivity contribution is 7.39. The van der Waals surface area contributed by atoms with Crippen molar-refractivity contribution in [3.05, 3.63) is 68.8 Å². The molecule has 2 N–H and O–H groups in total. The molecule has 2 aromatic carbocycles. The molecule has 4 heteroatoms. The highest BCUT2D eigenvalue weighted by atomic mass is 31.2. The average Bonchev–Trinajstić information content (AvgIpc) is 2.80. The lowest BCUT2D eigenvalue weighted by molar-refractivity contribution is 0.0750. The Morgan fingerprint density at radius 1 is 0.610 bits per heavy atom. The third-order valence-corrected chi connectivity index (χ3v) is 9.31. The monoisotopic (exact) mass is 582 g/mol. The van der Waals surface area contributed by atoms with Crippen molar-refractivity contribution in [3.8, 4) is 0 Å². The Bertz CT molecular complexity index is 1130. The summed E-state index contributed by atoms with van der Waals surface area (Å²) in [7, 11) is -2.58. The van der Waals surface area contributed by atoms with Crippen LogP contribution in [0.4, 0.5) is 0 Å². The summed E-state index contributed by atoms with van der Waals surface area (Å²) in [4.78, 5) is 21.2. The Kier molecular flexibility index (Phi) is 10.0. The van der Waals surface area contributed by atoms with Gasteiger partial charge in [0.05, 0.1) is 0 Å². The molecule has 0 saturated heterocycles. The molecule has 3 nitrogen and oxygen atoms in total. The van der Waals surface area contributed by atoms with E-state index in [4.69, 9.17) is 4.52 Å². The summed E-state index contributed by atoms with van der Waals surface area (Å²) in [6, 6.07) is 9.58. The van der Waals surface area contributed by atoms with Crippen molar-refractivity contribution in [1.29, 1.82) is 0 Å². The van der Waals surface area contributed by atoms with E-state index in [-0.39, 0.29) is 21.7 Å². The Morgan fingerprint density at radius 2 is 0.976 bits per heavy atom. The molecule has 0 atom stereocenters. The minimum atomic E-state index is -2.58. The molecule has 0 saturated carbocycles. The van der Waals surface area contributed by atoms with Gasteiger partial charge in [-0.2, -0.15) is 0 Å². The first-order chi connectivity index (χ1) is 18.6. The molecule has 3 rings (SSSR count). The molecule has 1 aliphatic carbocycles. The van der Waals surface area contributed by atoms with Gasteiger partial charge in [-0.3, -0.25) is 4.52 Å². The molecule has 0 heterocycles. The first-order valence-corrected chi connectivity index (χ1v) is 17.0. The predicted molar refractivity (Wildman–Crippen MR) is 177 cm³/mol. The van der Waals surface area contributed by atoms with Crippen molar-refractivity contribution in [1.82, 2.24) is 0 Å². The summed E-state index contributed by atoms with van der Waals surface area (Å²) < 4.78 is 6.50. The third kappa shape index (κ3) is 7.46. The summed E-state index contributed by atoms with van der Waals surface area (Å²) in [5.74, 6) is 0. The van der Waals surface area contributed by atoms with Crippen molar-refractivity contribution in [2.24, 2.45) is 0 Å². The molecular formula is C37H59O3P. The van der Waals surface area contributed by atoms with Gasteiger partial charge in [0.15, 0.2) is 0 Å². The van der Waals surface area contributed by atoms with E-state index in [2.05, 4.69) is 114 Å². The van der Waals surface area contributed by atoms with E-state index in [1.54, 1.807) is 0 Å². The van der Waals surface area contributed by atoms with Crippen molar-refractivity contribution in [2.45, 2.75) is 162 Å². The Labute approximate surface area is 253 Å². The van der Waals surface area contributed by atoms with Gasteiger partial charge in [0.25, 0.3) is 0 Å². The van der Waals surface area contributed by atoms with Crippen LogP contribution in [0, 0.1) is 0 Å². The topological polar surface area (TPSA) is 49.7 Å². The Hall–Kier alpha value is -1.25. The summed E-state index contributed by atoms with van der Waals surface area (Å²) in [5.41, 5.74) is 9.02. The van der Waals surface area contributed by atoms with Crippen molar-refractivity contribution in [3.63, 3.8) is 0 Å². The van der Waals surface area contributed by atoms with Crippen LogP contribution >= 0.6 is 8.60 Å². The normalized spacial score (nSPS) is 15.7. The number of hydrogen-bond donors (Lipinski definition) is 2. The number of rotatable bonds is 8. The van der Waals surface area contributed by atoms with Crippen LogP contribution in [-0.4, -0.2) is 9.79 Å². The SMILES string of the molecule is CCCCCCCC1(OP(O)O)c2cc(C(C)(C)C)c(C(C)(C)C)cc2Cc2cc(C(C)(C)C)c(C(C)(C)C)cc21. The van der Waals surface area contributed by atoms with Gasteiger partial charge < -0.3 is 9.79 Å². The maximum absolute atomic E-state index is 10.6. The summed E-state index contributed by atoms with van der Waals surface area (Å²) in [6.45, 7) is 29.7. The molecule has 0 radical (unpaired) electrons. The van der Waals surface area contributed by atoms with Gasteiger partial charge in [0.2, 0.25) is 0 Å². The first-order valence-electron chi connectivity index (χ1n) is 15.9. The van der Waals surface area contributed by atoms with Crippen LogP contribution in [0.3, 0.4) is 0 Å². The molecule has 0 amide bonds. The fourth-order valence-electron chi connectivity index (χ4n) is 6.70. The summed E-state index contributed by atoms with van der Waals surface area (Å²) >= 11 is 0. The van der Waals surface area contributed by atoms with E-state index < -0.39 is 14.2 Å². The number of hydrogen-bond acceptors (Lipinski definition) is 3. The molecule has 2 aromatic rings. The largest absolute Gasteiger partial charge is 0.328 e. The lowest BCUT2D eigenvalue weighted by Crippen LogP contribution is -2.38. The first kappa shape index (κ1) is 34.2. The van der Waals surface area contributed by atoms with Crippen molar-refractivity contribution < 1.29 is 14.3 Å². The van der Waals surface area contributed by atoms with Gasteiger partial charge in [-0.25, -0.2) is 0 Å². The van der Waals surface area contributed by atoms with Gasteiger partial charge in [-0.15, -0.1) is 0 Å². The van der Waals surface area contributed by atoms with E-state index in [9.17, 15) is 9.79 Å². The second kappa shape index (κ2) is 12.0. The average molecular weight is 583 g/mol. The molecule has 0 spiro atoms. The van der Waals surface area contributed by atoms with Gasteiger partial charge >= 0.3 is 8.60 Å². The van der Waals surface area contributed by atoms with Crippen LogP contribution < -0.4 is 0 Å². The molecule has 0 aliphatic heterocycles. The number of fused-ring (bicyclic) bond motifs is 2. The number of benzene rings is 2. The van der Waals surface area contributed by atoms with Crippen LogP contribution in [0.15, 0.2) is 24.3 Å². The van der Waals surface area contributed by atoms with E-state index >= 15 is 0 Å². The molecule has 0 unspecified atom stereocenters. The van der Waals surface area contributed by atoms with Crippen LogP contribution in [-0.2, 0) is 38.2 Å². The highest BCUT2D eigenvalue weighted by Gasteiger charge is 2.46. The molecule has 41 heavy (non-hydrogen) atoms. The minimum absolute atomic E-state index is 0.0190. The molecular weight excluding hydrogens is 523 g/mol. The van der Waals surface area contributed by atoms with E-state index in [0.29, 0.717) is 0 Å². The molecule has 0 fully saturated rings. The third-order valence-electron chi connectivity index (χ3n) is 8.84. The van der Waals surface area contributed by atoms with Gasteiger partial charge in [0.1, 0.15) is 5.60 Å². The lowest BCUT2D eigenvalue weighted by atomic mass is 9.65. The van der Waals surface area contributed by atoms with Crippen LogP contribution in [0.2, 0.25) is 0 Å². The van der Waals surface area contributed by atoms with Crippen molar-refractivity contribution >= 4 is 8.60 Å². The van der Waals surface area contributed by atoms with Gasteiger partial charge in [-0.05, 0) is 85.4 Å². The number of unbranched alkanes of at least 4 members (excludes halogenated alkanes) is 4. The van der Waals surface area contributed by atoms with E-state index in [1.807, 2.05) is 0 Å². The van der Waals surface area contributed by atoms with E-state index in [1.165, 1.54) is 52.6 Å². The Balaban J connectivity index is 2.45. The lowest BCUT2D eigenvalue weighted by Gasteiger charge is -2.44. The second-order valence-corrected chi connectivity index (χ2v) is 17.3. The van der Waals surface area contributed by atoms with Crippen molar-refractivity contribution in [2.75, 3.05) is 0 Å². The minimum Gasteiger partial charge on any atom is -0.328 e. The smallest absolute Gasteiger partial charge is 0.328 e. The molecule has 0 bridgehead atoms. The van der Waals surface area contributed by atoms with Crippen LogP contribution in [0.25, 0.3) is 0 Å². The quantitative estimate of drug-likeness (QED) is 0.240. The zero-order chi connectivity index (χ0) is 31.2. The zero-order valence-electron chi connectivity index (χ0n) is 28.5. The van der Waals surface area contributed by atoms with Gasteiger partial charge in [-0.1, -0.05) is 140 Å². The molecule has 1 aliphatic rings. The maximum Gasteiger partial charge on any atom is 0.328 e. The highest BCUT2D eigenvalue weighted by Crippen LogP contribution is 2.55. The second-order valence-electron chi connectivity index (χ2n) is 16.6. The fraction of sp³-hybridized carbons (Fsp3) is 0.676. The standard InChI is InChI=1S/C37H59O3P/c1-14-15-16-17-18-19-37(40-41(38)39)27-23-31(35(8,9)10)29(33(2,3)4)21-25(27)20-26-22-30(34(5,6)7)32(24-28(26)37)36(11,12)13/h21-24,38-39H,14-20H2,1-13H3. The predicted octanol–water partition coefficient (Wildman–Crippen LogP) is 10.6. The summed E-state index contributed by atoms with van der Waals surface area (Å²) in [6.07, 6.45) is 7.23.